The molecule has 0 bridgehead atoms. The summed E-state index contributed by atoms with van der Waals surface area (Å²) < 4.78 is 6.26. The first-order valence-electron chi connectivity index (χ1n) is 8.51. The molecule has 0 radical (unpaired) electrons. The smallest absolute Gasteiger partial charge is 0.259 e. The van der Waals surface area contributed by atoms with Gasteiger partial charge in [-0.3, -0.25) is 15.1 Å². The number of pyridine rings is 2. The number of nitrogens with zero attached hydrogens (tertiary/aromatic N) is 4. The fraction of sp³-hybridized carbons (Fsp3) is 0.278. The quantitative estimate of drug-likeness (QED) is 0.453. The second kappa shape index (κ2) is 8.02. The van der Waals surface area contributed by atoms with E-state index in [1.807, 2.05) is 13.0 Å². The van der Waals surface area contributed by atoms with Crippen LogP contribution in [0.4, 0.5) is 5.13 Å². The molecule has 3 heterocycles. The van der Waals surface area contributed by atoms with E-state index >= 15 is 0 Å². The number of ether oxygens (including phenoxy) is 1. The summed E-state index contributed by atoms with van der Waals surface area (Å²) in [5.74, 6) is 0.194. The fourth-order valence-corrected chi connectivity index (χ4v) is 4.77. The Labute approximate surface area is 174 Å². The van der Waals surface area contributed by atoms with Crippen molar-refractivity contribution in [2.24, 2.45) is 0 Å². The molecule has 3 aromatic rings. The molecular weight excluding hydrogens is 418 g/mol. The largest absolute Gasteiger partial charge is 0.494 e. The normalized spacial score (nSPS) is 13.4. The highest BCUT2D eigenvalue weighted by molar-refractivity contribution is 8.01. The van der Waals surface area contributed by atoms with Gasteiger partial charge in [-0.15, -0.1) is 10.2 Å². The van der Waals surface area contributed by atoms with Crippen LogP contribution in [0.15, 0.2) is 28.9 Å². The van der Waals surface area contributed by atoms with Gasteiger partial charge in [0.05, 0.1) is 18.9 Å². The average molecular weight is 434 g/mol. The zero-order chi connectivity index (χ0) is 19.7. The summed E-state index contributed by atoms with van der Waals surface area (Å²) in [6.07, 6.45) is 5.48. The Morgan fingerprint density at radius 1 is 1.25 bits per heavy atom. The van der Waals surface area contributed by atoms with Gasteiger partial charge >= 0.3 is 0 Å². The molecule has 1 saturated carbocycles. The molecule has 1 aliphatic rings. The number of carbonyl (C=O) groups excluding carboxylic acids is 1. The molecule has 28 heavy (non-hydrogen) atoms. The molecule has 1 fully saturated rings. The number of anilines is 1. The Bertz CT molecular complexity index is 1040. The van der Waals surface area contributed by atoms with Crippen LogP contribution in [0, 0.1) is 6.92 Å². The van der Waals surface area contributed by atoms with Gasteiger partial charge in [-0.25, -0.2) is 4.98 Å². The first kappa shape index (κ1) is 19.1. The zero-order valence-electron chi connectivity index (χ0n) is 15.1. The van der Waals surface area contributed by atoms with Gasteiger partial charge in [0.2, 0.25) is 5.13 Å². The summed E-state index contributed by atoms with van der Waals surface area (Å²) in [6, 6.07) is 3.48. The lowest BCUT2D eigenvalue weighted by Gasteiger charge is -2.13. The lowest BCUT2D eigenvalue weighted by atomic mass is 10.0. The van der Waals surface area contributed by atoms with E-state index in [2.05, 4.69) is 25.5 Å². The molecule has 1 amide bonds. The van der Waals surface area contributed by atoms with Crippen LogP contribution in [0.25, 0.3) is 11.1 Å². The van der Waals surface area contributed by atoms with Gasteiger partial charge in [0.15, 0.2) is 4.34 Å². The molecule has 144 valence electrons. The van der Waals surface area contributed by atoms with E-state index in [1.54, 1.807) is 24.9 Å². The van der Waals surface area contributed by atoms with Gasteiger partial charge in [-0.1, -0.05) is 34.7 Å². The number of aryl methyl sites for hydroxylation is 1. The number of hydrogen-bond acceptors (Lipinski definition) is 8. The van der Waals surface area contributed by atoms with E-state index in [0.29, 0.717) is 38.0 Å². The van der Waals surface area contributed by atoms with Gasteiger partial charge in [0.25, 0.3) is 5.91 Å². The SMILES string of the molecule is COc1cnc(Cl)cc1-c1cc(C)ncc1C(=O)Nc1nnc(SC2CC2)s1. The molecule has 3 aromatic heterocycles. The maximum absolute atomic E-state index is 12.9. The molecule has 0 atom stereocenters. The predicted octanol–water partition coefficient (Wildman–Crippen LogP) is 4.47. The lowest BCUT2D eigenvalue weighted by molar-refractivity contribution is 0.102. The summed E-state index contributed by atoms with van der Waals surface area (Å²) in [7, 11) is 1.54. The molecule has 0 unspecified atom stereocenters. The third-order valence-electron chi connectivity index (χ3n) is 4.05. The summed E-state index contributed by atoms with van der Waals surface area (Å²) >= 11 is 9.15. The van der Waals surface area contributed by atoms with E-state index in [9.17, 15) is 4.79 Å². The third-order valence-corrected chi connectivity index (χ3v) is 6.51. The first-order chi connectivity index (χ1) is 13.5. The number of halogens is 1. The van der Waals surface area contributed by atoms with Crippen LogP contribution in [-0.4, -0.2) is 38.4 Å². The molecule has 0 spiro atoms. The highest BCUT2D eigenvalue weighted by Gasteiger charge is 2.25. The Kier molecular flexibility index (Phi) is 5.47. The number of methoxy groups -OCH3 is 1. The second-order valence-electron chi connectivity index (χ2n) is 6.22. The minimum atomic E-state index is -0.323. The maximum Gasteiger partial charge on any atom is 0.259 e. The van der Waals surface area contributed by atoms with Gasteiger partial charge in [0.1, 0.15) is 10.9 Å². The Morgan fingerprint density at radius 2 is 2.07 bits per heavy atom. The van der Waals surface area contributed by atoms with Crippen molar-refractivity contribution in [3.8, 4) is 16.9 Å². The summed E-state index contributed by atoms with van der Waals surface area (Å²) in [5, 5.41) is 12.4. The monoisotopic (exact) mass is 433 g/mol. The Balaban J connectivity index is 1.65. The highest BCUT2D eigenvalue weighted by atomic mass is 35.5. The minimum Gasteiger partial charge on any atom is -0.494 e. The van der Waals surface area contributed by atoms with Crippen molar-refractivity contribution in [1.29, 1.82) is 0 Å². The van der Waals surface area contributed by atoms with Crippen LogP contribution in [0.1, 0.15) is 28.9 Å². The summed E-state index contributed by atoms with van der Waals surface area (Å²) in [5.41, 5.74) is 2.47. The number of amides is 1. The maximum atomic E-state index is 12.9. The Hall–Kier alpha value is -2.23. The summed E-state index contributed by atoms with van der Waals surface area (Å²) in [6.45, 7) is 1.85. The van der Waals surface area contributed by atoms with Crippen LogP contribution in [0.2, 0.25) is 5.15 Å². The second-order valence-corrected chi connectivity index (χ2v) is 9.14. The Morgan fingerprint density at radius 3 is 2.82 bits per heavy atom. The van der Waals surface area contributed by atoms with Crippen molar-refractivity contribution >= 4 is 45.7 Å². The molecule has 10 heteroatoms. The number of hydrogen-bond donors (Lipinski definition) is 1. The minimum absolute atomic E-state index is 0.308. The van der Waals surface area contributed by atoms with E-state index < -0.39 is 0 Å². The van der Waals surface area contributed by atoms with E-state index in [0.717, 1.165) is 10.0 Å². The molecule has 0 aromatic carbocycles. The number of carbonyl (C=O) groups is 1. The zero-order valence-corrected chi connectivity index (χ0v) is 17.5. The number of thioether (sulfide) groups is 1. The standard InChI is InChI=1S/C18H16ClN5O2S2/c1-9-5-11(12-6-15(19)21-8-14(12)26-2)13(7-20-9)16(25)22-17-23-24-18(28-17)27-10-3-4-10/h5-8,10H,3-4H2,1-2H3,(H,22,23,25). The van der Waals surface area contributed by atoms with Crippen LogP contribution >= 0.6 is 34.7 Å². The molecule has 1 aliphatic carbocycles. The first-order valence-corrected chi connectivity index (χ1v) is 10.6. The predicted molar refractivity (Wildman–Crippen MR) is 111 cm³/mol. The van der Waals surface area contributed by atoms with Crippen molar-refractivity contribution in [2.75, 3.05) is 12.4 Å². The van der Waals surface area contributed by atoms with Crippen molar-refractivity contribution < 1.29 is 9.53 Å². The van der Waals surface area contributed by atoms with Gasteiger partial charge < -0.3 is 4.74 Å². The molecular formula is C18H16ClN5O2S2. The van der Waals surface area contributed by atoms with Crippen LogP contribution in [0.5, 0.6) is 5.75 Å². The molecule has 0 aliphatic heterocycles. The summed E-state index contributed by atoms with van der Waals surface area (Å²) in [4.78, 5) is 21.2. The van der Waals surface area contributed by atoms with Gasteiger partial charge in [0, 0.05) is 28.3 Å². The number of aromatic nitrogens is 4. The molecule has 1 N–H and O–H groups in total. The topological polar surface area (TPSA) is 89.9 Å². The van der Waals surface area contributed by atoms with E-state index in [4.69, 9.17) is 16.3 Å². The average Bonchev–Trinajstić information content (AvgIpc) is 3.39. The lowest BCUT2D eigenvalue weighted by Crippen LogP contribution is -2.14. The third kappa shape index (κ3) is 4.26. The molecule has 7 nitrogen and oxygen atoms in total. The molecule has 4 rings (SSSR count). The van der Waals surface area contributed by atoms with Crippen LogP contribution < -0.4 is 10.1 Å². The van der Waals surface area contributed by atoms with Gasteiger partial charge in [-0.05, 0) is 31.9 Å². The van der Waals surface area contributed by atoms with Crippen LogP contribution in [0.3, 0.4) is 0 Å². The van der Waals surface area contributed by atoms with Gasteiger partial charge in [-0.2, -0.15) is 0 Å². The number of nitrogens with one attached hydrogen (secondary N) is 1. The number of rotatable bonds is 6. The van der Waals surface area contributed by atoms with Crippen molar-refractivity contribution in [1.82, 2.24) is 20.2 Å². The van der Waals surface area contributed by atoms with E-state index in [-0.39, 0.29) is 5.91 Å². The molecule has 0 saturated heterocycles. The highest BCUT2D eigenvalue weighted by Crippen LogP contribution is 2.41. The van der Waals surface area contributed by atoms with Crippen molar-refractivity contribution in [2.45, 2.75) is 29.4 Å². The van der Waals surface area contributed by atoms with Crippen molar-refractivity contribution in [3.63, 3.8) is 0 Å². The van der Waals surface area contributed by atoms with Crippen molar-refractivity contribution in [3.05, 3.63) is 40.9 Å². The van der Waals surface area contributed by atoms with E-state index in [1.165, 1.54) is 36.6 Å². The fourth-order valence-electron chi connectivity index (χ4n) is 2.55. The van der Waals surface area contributed by atoms with Crippen LogP contribution in [-0.2, 0) is 0 Å².